The zero-order valence-corrected chi connectivity index (χ0v) is 11.0. The van der Waals surface area contributed by atoms with Gasteiger partial charge in [-0.2, -0.15) is 0 Å². The highest BCUT2D eigenvalue weighted by atomic mass is 32.2. The van der Waals surface area contributed by atoms with Crippen LogP contribution in [-0.2, 0) is 23.5 Å². The summed E-state index contributed by atoms with van der Waals surface area (Å²) in [4.78, 5) is 0. The van der Waals surface area contributed by atoms with Gasteiger partial charge in [0.15, 0.2) is 0 Å². The van der Waals surface area contributed by atoms with E-state index in [1.54, 1.807) is 17.9 Å². The van der Waals surface area contributed by atoms with Crippen molar-refractivity contribution in [3.05, 3.63) is 12.2 Å². The minimum atomic E-state index is -3.17. The summed E-state index contributed by atoms with van der Waals surface area (Å²) in [5, 5.41) is 10.5. The average molecular weight is 261 g/mol. The van der Waals surface area contributed by atoms with Gasteiger partial charge in [-0.3, -0.25) is 0 Å². The molecule has 0 amide bonds. The summed E-state index contributed by atoms with van der Waals surface area (Å²) < 4.78 is 27.4. The Morgan fingerprint density at radius 2 is 2.18 bits per heavy atom. The van der Waals surface area contributed by atoms with E-state index in [1.165, 1.54) is 0 Å². The molecule has 8 heteroatoms. The second kappa shape index (κ2) is 6.67. The SMILES string of the molecule is CNCCCS(=O)(=O)NCCc1nncn1C. The minimum absolute atomic E-state index is 0.145. The summed E-state index contributed by atoms with van der Waals surface area (Å²) in [5.41, 5.74) is 0. The number of hydrogen-bond donors (Lipinski definition) is 2. The first-order chi connectivity index (χ1) is 8.05. The monoisotopic (exact) mass is 261 g/mol. The Balaban J connectivity index is 2.28. The van der Waals surface area contributed by atoms with Crippen molar-refractivity contribution in [2.45, 2.75) is 12.8 Å². The van der Waals surface area contributed by atoms with E-state index in [2.05, 4.69) is 20.2 Å². The van der Waals surface area contributed by atoms with Crippen molar-refractivity contribution >= 4 is 10.0 Å². The van der Waals surface area contributed by atoms with Gasteiger partial charge in [0, 0.05) is 20.0 Å². The van der Waals surface area contributed by atoms with Gasteiger partial charge in [-0.1, -0.05) is 0 Å². The van der Waals surface area contributed by atoms with Crippen molar-refractivity contribution in [1.29, 1.82) is 0 Å². The Kier molecular flexibility index (Phi) is 5.52. The normalized spacial score (nSPS) is 11.9. The topological polar surface area (TPSA) is 88.9 Å². The van der Waals surface area contributed by atoms with Crippen LogP contribution in [0.25, 0.3) is 0 Å². The van der Waals surface area contributed by atoms with Crippen molar-refractivity contribution < 1.29 is 8.42 Å². The lowest BCUT2D eigenvalue weighted by atomic mass is 10.4. The number of aryl methyl sites for hydroxylation is 1. The number of hydrogen-bond acceptors (Lipinski definition) is 5. The molecule has 1 aromatic rings. The van der Waals surface area contributed by atoms with Crippen LogP contribution in [0.2, 0.25) is 0 Å². The fraction of sp³-hybridized carbons (Fsp3) is 0.778. The van der Waals surface area contributed by atoms with Gasteiger partial charge >= 0.3 is 0 Å². The van der Waals surface area contributed by atoms with Gasteiger partial charge in [-0.25, -0.2) is 13.1 Å². The van der Waals surface area contributed by atoms with Crippen LogP contribution in [0.5, 0.6) is 0 Å². The molecular weight excluding hydrogens is 242 g/mol. The molecule has 0 spiro atoms. The number of nitrogens with zero attached hydrogens (tertiary/aromatic N) is 3. The molecule has 0 unspecified atom stereocenters. The van der Waals surface area contributed by atoms with E-state index in [4.69, 9.17) is 0 Å². The van der Waals surface area contributed by atoms with Crippen LogP contribution in [0.4, 0.5) is 0 Å². The Labute approximate surface area is 102 Å². The van der Waals surface area contributed by atoms with Crippen molar-refractivity contribution in [2.24, 2.45) is 7.05 Å². The summed E-state index contributed by atoms with van der Waals surface area (Å²) in [6.07, 6.45) is 2.74. The predicted octanol–water partition coefficient (Wildman–Crippen LogP) is -1.11. The number of rotatable bonds is 8. The largest absolute Gasteiger partial charge is 0.321 e. The lowest BCUT2D eigenvalue weighted by Gasteiger charge is -2.06. The van der Waals surface area contributed by atoms with E-state index < -0.39 is 10.0 Å². The molecule has 1 heterocycles. The number of nitrogens with one attached hydrogen (secondary N) is 2. The van der Waals surface area contributed by atoms with Crippen LogP contribution in [0.15, 0.2) is 6.33 Å². The van der Waals surface area contributed by atoms with E-state index in [-0.39, 0.29) is 5.75 Å². The number of sulfonamides is 1. The lowest BCUT2D eigenvalue weighted by Crippen LogP contribution is -2.30. The minimum Gasteiger partial charge on any atom is -0.321 e. The zero-order valence-electron chi connectivity index (χ0n) is 10.2. The molecule has 1 aromatic heterocycles. The Bertz CT molecular complexity index is 428. The highest BCUT2D eigenvalue weighted by molar-refractivity contribution is 7.89. The molecule has 0 fully saturated rings. The highest BCUT2D eigenvalue weighted by Gasteiger charge is 2.09. The van der Waals surface area contributed by atoms with Crippen LogP contribution in [0.3, 0.4) is 0 Å². The first-order valence-corrected chi connectivity index (χ1v) is 7.15. The van der Waals surface area contributed by atoms with E-state index in [0.29, 0.717) is 25.9 Å². The lowest BCUT2D eigenvalue weighted by molar-refractivity contribution is 0.576. The number of aromatic nitrogens is 3. The van der Waals surface area contributed by atoms with E-state index >= 15 is 0 Å². The van der Waals surface area contributed by atoms with E-state index in [1.807, 2.05) is 7.05 Å². The molecule has 7 nitrogen and oxygen atoms in total. The maximum Gasteiger partial charge on any atom is 0.211 e. The third kappa shape index (κ3) is 5.24. The molecule has 17 heavy (non-hydrogen) atoms. The third-order valence-electron chi connectivity index (χ3n) is 2.32. The van der Waals surface area contributed by atoms with Crippen LogP contribution < -0.4 is 10.0 Å². The highest BCUT2D eigenvalue weighted by Crippen LogP contribution is 1.93. The average Bonchev–Trinajstić information content (AvgIpc) is 2.64. The van der Waals surface area contributed by atoms with Crippen molar-refractivity contribution in [3.8, 4) is 0 Å². The van der Waals surface area contributed by atoms with Crippen LogP contribution in [-0.4, -0.2) is 49.1 Å². The van der Waals surface area contributed by atoms with Crippen LogP contribution in [0, 0.1) is 0 Å². The first-order valence-electron chi connectivity index (χ1n) is 5.50. The molecule has 0 aliphatic heterocycles. The molecule has 2 N–H and O–H groups in total. The molecule has 0 aromatic carbocycles. The molecule has 98 valence electrons. The van der Waals surface area contributed by atoms with Crippen molar-refractivity contribution in [3.63, 3.8) is 0 Å². The smallest absolute Gasteiger partial charge is 0.211 e. The maximum absolute atomic E-state index is 11.5. The van der Waals surface area contributed by atoms with Gasteiger partial charge in [-0.15, -0.1) is 10.2 Å². The zero-order chi connectivity index (χ0) is 12.7. The maximum atomic E-state index is 11.5. The fourth-order valence-corrected chi connectivity index (χ4v) is 2.44. The van der Waals surface area contributed by atoms with Gasteiger partial charge in [0.05, 0.1) is 5.75 Å². The molecule has 0 aliphatic rings. The van der Waals surface area contributed by atoms with Crippen LogP contribution in [0.1, 0.15) is 12.2 Å². The Hall–Kier alpha value is -0.990. The molecular formula is C9H19N5O2S. The fourth-order valence-electron chi connectivity index (χ4n) is 1.36. The van der Waals surface area contributed by atoms with Gasteiger partial charge in [0.1, 0.15) is 12.2 Å². The molecule has 0 radical (unpaired) electrons. The standard InChI is InChI=1S/C9H19N5O2S/c1-10-5-3-7-17(15,16)12-6-4-9-13-11-8-14(9)2/h8,10,12H,3-7H2,1-2H3. The second-order valence-electron chi connectivity index (χ2n) is 3.78. The summed E-state index contributed by atoms with van der Waals surface area (Å²) in [6.45, 7) is 1.05. The van der Waals surface area contributed by atoms with Gasteiger partial charge in [0.2, 0.25) is 10.0 Å². The Morgan fingerprint density at radius 1 is 1.41 bits per heavy atom. The quantitative estimate of drug-likeness (QED) is 0.579. The van der Waals surface area contributed by atoms with Gasteiger partial charge in [0.25, 0.3) is 0 Å². The predicted molar refractivity (Wildman–Crippen MR) is 65.0 cm³/mol. The molecule has 0 saturated heterocycles. The summed E-state index contributed by atoms with van der Waals surface area (Å²) >= 11 is 0. The molecule has 1 rings (SSSR count). The van der Waals surface area contributed by atoms with E-state index in [9.17, 15) is 8.42 Å². The second-order valence-corrected chi connectivity index (χ2v) is 5.70. The molecule has 0 bridgehead atoms. The summed E-state index contributed by atoms with van der Waals surface area (Å²) in [6, 6.07) is 0. The van der Waals surface area contributed by atoms with Gasteiger partial charge in [-0.05, 0) is 20.0 Å². The van der Waals surface area contributed by atoms with E-state index in [0.717, 1.165) is 5.82 Å². The van der Waals surface area contributed by atoms with Crippen molar-refractivity contribution in [2.75, 3.05) is 25.9 Å². The van der Waals surface area contributed by atoms with Crippen LogP contribution >= 0.6 is 0 Å². The third-order valence-corrected chi connectivity index (χ3v) is 3.79. The molecule has 0 saturated carbocycles. The summed E-state index contributed by atoms with van der Waals surface area (Å²) in [7, 11) is 0.462. The molecule has 0 atom stereocenters. The van der Waals surface area contributed by atoms with Gasteiger partial charge < -0.3 is 9.88 Å². The van der Waals surface area contributed by atoms with Crippen molar-refractivity contribution in [1.82, 2.24) is 24.8 Å². The first kappa shape index (κ1) is 14.1. The molecule has 0 aliphatic carbocycles. The Morgan fingerprint density at radius 3 is 2.76 bits per heavy atom. The summed E-state index contributed by atoms with van der Waals surface area (Å²) in [5.74, 6) is 0.912.